The highest BCUT2D eigenvalue weighted by Crippen LogP contribution is 2.18. The Hall–Kier alpha value is -3.94. The Bertz CT molecular complexity index is 1030. The van der Waals surface area contributed by atoms with E-state index in [1.807, 2.05) is 12.1 Å². The lowest BCUT2D eigenvalue weighted by atomic mass is 10.1. The van der Waals surface area contributed by atoms with Crippen molar-refractivity contribution in [2.24, 2.45) is 0 Å². The molecule has 0 saturated heterocycles. The Balaban J connectivity index is 1.68. The molecule has 0 aliphatic carbocycles. The zero-order valence-electron chi connectivity index (χ0n) is 14.7. The maximum absolute atomic E-state index is 12.4. The monoisotopic (exact) mass is 378 g/mol. The Morgan fingerprint density at radius 1 is 0.821 bits per heavy atom. The molecule has 1 heterocycles. The second-order valence-corrected chi connectivity index (χ2v) is 6.18. The van der Waals surface area contributed by atoms with E-state index < -0.39 is 9.85 Å². The number of carbonyl (C=O) groups excluding carboxylic acids is 1. The van der Waals surface area contributed by atoms with Crippen LogP contribution in [0, 0.1) is 20.2 Å². The predicted octanol–water partition coefficient (Wildman–Crippen LogP) is 3.26. The third kappa shape index (κ3) is 4.42. The normalized spacial score (nSPS) is 10.4. The Labute approximate surface area is 160 Å². The highest BCUT2D eigenvalue weighted by Gasteiger charge is 2.22. The summed E-state index contributed by atoms with van der Waals surface area (Å²) in [7, 11) is 0. The molecule has 0 aliphatic heterocycles. The molecule has 0 spiro atoms. The number of pyridine rings is 1. The summed E-state index contributed by atoms with van der Waals surface area (Å²) < 4.78 is 1.65. The number of non-ortho nitro benzene ring substituents is 1. The third-order valence-electron chi connectivity index (χ3n) is 4.24. The number of benzene rings is 2. The summed E-state index contributed by atoms with van der Waals surface area (Å²) in [6, 6.07) is 15.9. The zero-order chi connectivity index (χ0) is 20.1. The average molecular weight is 378 g/mol. The summed E-state index contributed by atoms with van der Waals surface area (Å²) in [5.41, 5.74) is 1.82. The van der Waals surface area contributed by atoms with Crippen LogP contribution in [0.15, 0.2) is 73.1 Å². The second kappa shape index (κ2) is 8.17. The number of para-hydroxylation sites is 1. The number of nitro benzene ring substituents is 2. The van der Waals surface area contributed by atoms with E-state index >= 15 is 0 Å². The maximum atomic E-state index is 12.4. The van der Waals surface area contributed by atoms with Gasteiger partial charge in [0, 0.05) is 30.3 Å². The molecule has 3 rings (SSSR count). The molecule has 0 bridgehead atoms. The molecule has 1 aromatic heterocycles. The van der Waals surface area contributed by atoms with Gasteiger partial charge in [-0.05, 0) is 23.6 Å². The van der Waals surface area contributed by atoms with Crippen LogP contribution in [0.1, 0.15) is 21.5 Å². The van der Waals surface area contributed by atoms with Gasteiger partial charge in [0.2, 0.25) is 12.3 Å². The van der Waals surface area contributed by atoms with Crippen molar-refractivity contribution >= 4 is 17.2 Å². The fourth-order valence-corrected chi connectivity index (χ4v) is 2.80. The number of Topliss-reactive ketones (excluding diaryl/α,β-unsaturated/α-hetero) is 1. The van der Waals surface area contributed by atoms with Gasteiger partial charge in [0.15, 0.2) is 12.4 Å². The van der Waals surface area contributed by atoms with Crippen LogP contribution in [0.25, 0.3) is 0 Å². The number of rotatable bonds is 7. The van der Waals surface area contributed by atoms with Crippen molar-refractivity contribution in [1.82, 2.24) is 0 Å². The van der Waals surface area contributed by atoms with Gasteiger partial charge in [-0.1, -0.05) is 24.3 Å². The number of nitro groups is 2. The Kier molecular flexibility index (Phi) is 5.50. The molecule has 3 aromatic rings. The van der Waals surface area contributed by atoms with Gasteiger partial charge in [0.1, 0.15) is 5.56 Å². The standard InChI is InChI=1S/C20H16N3O5/c24-20(18-3-1-2-4-19(18)23(27)28)14-21-11-9-16(10-12-21)13-15-5-7-17(8-6-15)22(25)26/h1-12H,13-14H2/q+1. The van der Waals surface area contributed by atoms with E-state index in [1.54, 1.807) is 35.2 Å². The minimum atomic E-state index is -0.564. The number of ketones is 1. The smallest absolute Gasteiger partial charge is 0.280 e. The van der Waals surface area contributed by atoms with Crippen LogP contribution in [0.2, 0.25) is 0 Å². The van der Waals surface area contributed by atoms with Gasteiger partial charge < -0.3 is 0 Å². The summed E-state index contributed by atoms with van der Waals surface area (Å²) in [5.74, 6) is -0.347. The lowest BCUT2D eigenvalue weighted by Gasteiger charge is -2.03. The first-order chi connectivity index (χ1) is 13.4. The van der Waals surface area contributed by atoms with Crippen molar-refractivity contribution < 1.29 is 19.2 Å². The van der Waals surface area contributed by atoms with E-state index in [1.165, 1.54) is 30.3 Å². The molecule has 0 fully saturated rings. The third-order valence-corrected chi connectivity index (χ3v) is 4.24. The average Bonchev–Trinajstić information content (AvgIpc) is 2.70. The number of hydrogen-bond acceptors (Lipinski definition) is 5. The molecule has 0 atom stereocenters. The summed E-state index contributed by atoms with van der Waals surface area (Å²) in [5, 5.41) is 21.8. The number of hydrogen-bond donors (Lipinski definition) is 0. The van der Waals surface area contributed by atoms with Crippen LogP contribution in [-0.4, -0.2) is 15.6 Å². The van der Waals surface area contributed by atoms with E-state index in [9.17, 15) is 25.0 Å². The van der Waals surface area contributed by atoms with Crippen molar-refractivity contribution in [2.45, 2.75) is 13.0 Å². The molecule has 0 radical (unpaired) electrons. The summed E-state index contributed by atoms with van der Waals surface area (Å²) in [6.07, 6.45) is 4.05. The molecular weight excluding hydrogens is 362 g/mol. The van der Waals surface area contributed by atoms with Gasteiger partial charge in [-0.25, -0.2) is 0 Å². The first-order valence-electron chi connectivity index (χ1n) is 8.42. The van der Waals surface area contributed by atoms with Crippen LogP contribution >= 0.6 is 0 Å². The van der Waals surface area contributed by atoms with Crippen LogP contribution in [0.5, 0.6) is 0 Å². The molecule has 0 aliphatic rings. The largest absolute Gasteiger partial charge is 0.287 e. The zero-order valence-corrected chi connectivity index (χ0v) is 14.7. The highest BCUT2D eigenvalue weighted by atomic mass is 16.6. The van der Waals surface area contributed by atoms with Gasteiger partial charge in [0.05, 0.1) is 9.85 Å². The summed E-state index contributed by atoms with van der Waals surface area (Å²) in [4.78, 5) is 33.2. The van der Waals surface area contributed by atoms with E-state index in [-0.39, 0.29) is 29.3 Å². The highest BCUT2D eigenvalue weighted by molar-refractivity contribution is 5.98. The number of aromatic nitrogens is 1. The molecule has 8 nitrogen and oxygen atoms in total. The molecule has 28 heavy (non-hydrogen) atoms. The molecule has 0 amide bonds. The summed E-state index contributed by atoms with van der Waals surface area (Å²) in [6.45, 7) is -0.0112. The van der Waals surface area contributed by atoms with Crippen LogP contribution in [-0.2, 0) is 13.0 Å². The lowest BCUT2D eigenvalue weighted by Crippen LogP contribution is -2.37. The number of nitrogens with zero attached hydrogens (tertiary/aromatic N) is 3. The van der Waals surface area contributed by atoms with E-state index in [2.05, 4.69) is 0 Å². The topological polar surface area (TPSA) is 107 Å². The molecule has 0 saturated carbocycles. The first-order valence-corrected chi connectivity index (χ1v) is 8.42. The van der Waals surface area contributed by atoms with Crippen molar-refractivity contribution in [3.05, 3.63) is 110 Å². The van der Waals surface area contributed by atoms with Gasteiger partial charge in [-0.2, -0.15) is 4.57 Å². The van der Waals surface area contributed by atoms with Crippen molar-refractivity contribution in [2.75, 3.05) is 0 Å². The van der Waals surface area contributed by atoms with Crippen molar-refractivity contribution in [3.8, 4) is 0 Å². The molecule has 140 valence electrons. The van der Waals surface area contributed by atoms with Crippen LogP contribution in [0.4, 0.5) is 11.4 Å². The van der Waals surface area contributed by atoms with E-state index in [4.69, 9.17) is 0 Å². The van der Waals surface area contributed by atoms with Crippen molar-refractivity contribution in [1.29, 1.82) is 0 Å². The van der Waals surface area contributed by atoms with Gasteiger partial charge in [-0.3, -0.25) is 25.0 Å². The first kappa shape index (κ1) is 18.8. The van der Waals surface area contributed by atoms with Crippen LogP contribution < -0.4 is 4.57 Å². The fourth-order valence-electron chi connectivity index (χ4n) is 2.80. The van der Waals surface area contributed by atoms with E-state index in [0.717, 1.165) is 11.1 Å². The molecule has 0 unspecified atom stereocenters. The molecule has 0 N–H and O–H groups in total. The summed E-state index contributed by atoms with van der Waals surface area (Å²) >= 11 is 0. The molecular formula is C20H16N3O5+. The minimum absolute atomic E-state index is 0.0112. The number of carbonyl (C=O) groups is 1. The molecule has 2 aromatic carbocycles. The minimum Gasteiger partial charge on any atom is -0.287 e. The fraction of sp³-hybridized carbons (Fsp3) is 0.100. The van der Waals surface area contributed by atoms with Crippen LogP contribution in [0.3, 0.4) is 0 Å². The van der Waals surface area contributed by atoms with Gasteiger partial charge in [-0.15, -0.1) is 0 Å². The lowest BCUT2D eigenvalue weighted by molar-refractivity contribution is -0.683. The quantitative estimate of drug-likeness (QED) is 0.271. The van der Waals surface area contributed by atoms with Crippen molar-refractivity contribution in [3.63, 3.8) is 0 Å². The second-order valence-electron chi connectivity index (χ2n) is 6.18. The predicted molar refractivity (Wildman–Crippen MR) is 100.0 cm³/mol. The Morgan fingerprint density at radius 3 is 2.04 bits per heavy atom. The SMILES string of the molecule is O=C(C[n+]1ccc(Cc2ccc([N+](=O)[O-])cc2)cc1)c1ccccc1[N+](=O)[O-]. The Morgan fingerprint density at radius 2 is 1.43 bits per heavy atom. The van der Waals surface area contributed by atoms with Gasteiger partial charge >= 0.3 is 0 Å². The molecule has 8 heteroatoms. The van der Waals surface area contributed by atoms with Gasteiger partial charge in [0.25, 0.3) is 11.4 Å². The van der Waals surface area contributed by atoms with E-state index in [0.29, 0.717) is 6.42 Å². The maximum Gasteiger partial charge on any atom is 0.280 e.